The lowest BCUT2D eigenvalue weighted by Crippen LogP contribution is -2.24. The largest absolute Gasteiger partial charge is 0.508 e. The van der Waals surface area contributed by atoms with E-state index in [-0.39, 0.29) is 17.6 Å². The predicted molar refractivity (Wildman–Crippen MR) is 60.5 cm³/mol. The van der Waals surface area contributed by atoms with Gasteiger partial charge in [0.05, 0.1) is 0 Å². The highest BCUT2D eigenvalue weighted by atomic mass is 16.3. The van der Waals surface area contributed by atoms with Crippen molar-refractivity contribution in [1.29, 1.82) is 0 Å². The van der Waals surface area contributed by atoms with Crippen molar-refractivity contribution in [2.45, 2.75) is 13.0 Å². The first-order valence-corrected chi connectivity index (χ1v) is 5.21. The van der Waals surface area contributed by atoms with Gasteiger partial charge in [0.25, 0.3) is 0 Å². The minimum atomic E-state index is 0.0124. The summed E-state index contributed by atoms with van der Waals surface area (Å²) in [6.45, 7) is 1.02. The first-order chi connectivity index (χ1) is 7.70. The van der Waals surface area contributed by atoms with E-state index in [0.717, 1.165) is 5.56 Å². The number of carbonyl (C=O) groups is 1. The van der Waals surface area contributed by atoms with Crippen molar-refractivity contribution in [3.63, 3.8) is 0 Å². The van der Waals surface area contributed by atoms with Crippen molar-refractivity contribution in [3.8, 4) is 18.1 Å². The fraction of sp³-hybridized carbons (Fsp3) is 0.308. The number of benzene rings is 1. The standard InChI is InChI=1S/C13H13NO2/c1-2-10-7-13(16)14(8-10)9-11-5-3-4-6-12(11)15/h1,3-6,10,15H,7-9H2. The number of likely N-dealkylation sites (tertiary alicyclic amines) is 1. The third kappa shape index (κ3) is 2.01. The van der Waals surface area contributed by atoms with Crippen LogP contribution >= 0.6 is 0 Å². The third-order valence-electron chi connectivity index (χ3n) is 2.80. The summed E-state index contributed by atoms with van der Waals surface area (Å²) in [5.41, 5.74) is 0.758. The van der Waals surface area contributed by atoms with Crippen LogP contribution in [0.2, 0.25) is 0 Å². The monoisotopic (exact) mass is 215 g/mol. The molecule has 1 aliphatic heterocycles. The Morgan fingerprint density at radius 1 is 1.50 bits per heavy atom. The number of phenolic OH excluding ortho intramolecular Hbond substituents is 1. The number of nitrogens with zero attached hydrogens (tertiary/aromatic N) is 1. The molecule has 1 atom stereocenters. The first-order valence-electron chi connectivity index (χ1n) is 5.21. The molecule has 0 bridgehead atoms. The van der Waals surface area contributed by atoms with Gasteiger partial charge in [-0.1, -0.05) is 18.2 Å². The molecule has 0 aliphatic carbocycles. The Balaban J connectivity index is 2.09. The average molecular weight is 215 g/mol. The van der Waals surface area contributed by atoms with Crippen molar-refractivity contribution in [2.75, 3.05) is 6.54 Å². The highest BCUT2D eigenvalue weighted by Gasteiger charge is 2.28. The van der Waals surface area contributed by atoms with Gasteiger partial charge in [0.2, 0.25) is 5.91 Å². The van der Waals surface area contributed by atoms with E-state index in [0.29, 0.717) is 19.5 Å². The van der Waals surface area contributed by atoms with Gasteiger partial charge in [0, 0.05) is 31.0 Å². The normalized spacial score (nSPS) is 19.8. The van der Waals surface area contributed by atoms with E-state index in [1.165, 1.54) is 0 Å². The summed E-state index contributed by atoms with van der Waals surface area (Å²) >= 11 is 0. The molecule has 1 aromatic carbocycles. The number of hydrogen-bond donors (Lipinski definition) is 1. The first kappa shape index (κ1) is 10.6. The highest BCUT2D eigenvalue weighted by molar-refractivity contribution is 5.79. The number of carbonyl (C=O) groups excluding carboxylic acids is 1. The van der Waals surface area contributed by atoms with E-state index in [1.807, 2.05) is 12.1 Å². The van der Waals surface area contributed by atoms with E-state index in [1.54, 1.807) is 17.0 Å². The molecule has 0 radical (unpaired) electrons. The minimum Gasteiger partial charge on any atom is -0.508 e. The summed E-state index contributed by atoms with van der Waals surface area (Å²) < 4.78 is 0. The Morgan fingerprint density at radius 3 is 2.88 bits per heavy atom. The Morgan fingerprint density at radius 2 is 2.25 bits per heavy atom. The lowest BCUT2D eigenvalue weighted by Gasteiger charge is -2.16. The fourth-order valence-electron chi connectivity index (χ4n) is 1.89. The number of terminal acetylenes is 1. The molecule has 0 saturated carbocycles. The predicted octanol–water partition coefficient (Wildman–Crippen LogP) is 1.37. The third-order valence-corrected chi connectivity index (χ3v) is 2.80. The van der Waals surface area contributed by atoms with Crippen LogP contribution in [0.25, 0.3) is 0 Å². The average Bonchev–Trinajstić information content (AvgIpc) is 2.63. The second kappa shape index (κ2) is 4.28. The maximum absolute atomic E-state index is 11.6. The lowest BCUT2D eigenvalue weighted by molar-refractivity contribution is -0.128. The summed E-state index contributed by atoms with van der Waals surface area (Å²) in [6.07, 6.45) is 5.72. The lowest BCUT2D eigenvalue weighted by atomic mass is 10.1. The molecule has 0 spiro atoms. The molecule has 0 aromatic heterocycles. The van der Waals surface area contributed by atoms with Gasteiger partial charge in [-0.25, -0.2) is 0 Å². The van der Waals surface area contributed by atoms with E-state index in [9.17, 15) is 9.90 Å². The molecule has 1 unspecified atom stereocenters. The second-order valence-corrected chi connectivity index (χ2v) is 3.97. The van der Waals surface area contributed by atoms with Crippen LogP contribution in [0.1, 0.15) is 12.0 Å². The molecular formula is C13H13NO2. The molecule has 1 fully saturated rings. The quantitative estimate of drug-likeness (QED) is 0.757. The Kier molecular flexibility index (Phi) is 2.82. The number of aromatic hydroxyl groups is 1. The molecule has 16 heavy (non-hydrogen) atoms. The zero-order valence-corrected chi connectivity index (χ0v) is 8.89. The molecule has 3 nitrogen and oxygen atoms in total. The van der Waals surface area contributed by atoms with Gasteiger partial charge in [-0.2, -0.15) is 0 Å². The molecule has 1 N–H and O–H groups in total. The van der Waals surface area contributed by atoms with Crippen LogP contribution in [0, 0.1) is 18.3 Å². The van der Waals surface area contributed by atoms with Crippen LogP contribution in [0.4, 0.5) is 0 Å². The van der Waals surface area contributed by atoms with Gasteiger partial charge in [-0.3, -0.25) is 4.79 Å². The van der Waals surface area contributed by atoms with Gasteiger partial charge in [-0.05, 0) is 6.07 Å². The minimum absolute atomic E-state index is 0.0124. The van der Waals surface area contributed by atoms with E-state index in [4.69, 9.17) is 6.42 Å². The van der Waals surface area contributed by atoms with Crippen molar-refractivity contribution in [3.05, 3.63) is 29.8 Å². The van der Waals surface area contributed by atoms with Crippen LogP contribution in [0.3, 0.4) is 0 Å². The highest BCUT2D eigenvalue weighted by Crippen LogP contribution is 2.23. The van der Waals surface area contributed by atoms with E-state index in [2.05, 4.69) is 5.92 Å². The molecule has 82 valence electrons. The second-order valence-electron chi connectivity index (χ2n) is 3.97. The Labute approximate surface area is 94.7 Å². The van der Waals surface area contributed by atoms with Crippen LogP contribution in [-0.2, 0) is 11.3 Å². The summed E-state index contributed by atoms with van der Waals surface area (Å²) in [6, 6.07) is 7.03. The molecule has 1 aliphatic rings. The summed E-state index contributed by atoms with van der Waals surface area (Å²) in [7, 11) is 0. The Bertz CT molecular complexity index is 447. The molecule has 1 amide bonds. The smallest absolute Gasteiger partial charge is 0.224 e. The van der Waals surface area contributed by atoms with Gasteiger partial charge >= 0.3 is 0 Å². The molecule has 1 aromatic rings. The summed E-state index contributed by atoms with van der Waals surface area (Å²) in [5, 5.41) is 9.60. The molecule has 2 rings (SSSR count). The van der Waals surface area contributed by atoms with Crippen molar-refractivity contribution < 1.29 is 9.90 Å². The number of rotatable bonds is 2. The maximum Gasteiger partial charge on any atom is 0.224 e. The summed E-state index contributed by atoms with van der Waals surface area (Å²) in [4.78, 5) is 13.3. The zero-order chi connectivity index (χ0) is 11.5. The maximum atomic E-state index is 11.6. The SMILES string of the molecule is C#CC1CC(=O)N(Cc2ccccc2O)C1. The van der Waals surface area contributed by atoms with Crippen molar-refractivity contribution >= 4 is 5.91 Å². The van der Waals surface area contributed by atoms with Gasteiger partial charge < -0.3 is 10.0 Å². The van der Waals surface area contributed by atoms with Crippen LogP contribution < -0.4 is 0 Å². The van der Waals surface area contributed by atoms with Gasteiger partial charge in [0.1, 0.15) is 5.75 Å². The van der Waals surface area contributed by atoms with Gasteiger partial charge in [0.15, 0.2) is 0 Å². The Hall–Kier alpha value is -1.95. The van der Waals surface area contributed by atoms with Gasteiger partial charge in [-0.15, -0.1) is 12.3 Å². The zero-order valence-electron chi connectivity index (χ0n) is 8.89. The van der Waals surface area contributed by atoms with Crippen molar-refractivity contribution in [1.82, 2.24) is 4.90 Å². The molecule has 1 saturated heterocycles. The number of amides is 1. The number of para-hydroxylation sites is 1. The fourth-order valence-corrected chi connectivity index (χ4v) is 1.89. The molecule has 1 heterocycles. The van der Waals surface area contributed by atoms with Crippen molar-refractivity contribution in [2.24, 2.45) is 5.92 Å². The van der Waals surface area contributed by atoms with Crippen LogP contribution in [-0.4, -0.2) is 22.5 Å². The summed E-state index contributed by atoms with van der Waals surface area (Å²) in [5.74, 6) is 2.90. The number of hydrogen-bond acceptors (Lipinski definition) is 2. The number of phenols is 1. The molecule has 3 heteroatoms. The van der Waals surface area contributed by atoms with E-state index < -0.39 is 0 Å². The molecular weight excluding hydrogens is 202 g/mol. The van der Waals surface area contributed by atoms with E-state index >= 15 is 0 Å². The topological polar surface area (TPSA) is 40.5 Å². The van der Waals surface area contributed by atoms with Crippen LogP contribution in [0.15, 0.2) is 24.3 Å². The van der Waals surface area contributed by atoms with Crippen LogP contribution in [0.5, 0.6) is 5.75 Å².